The minimum atomic E-state index is -0.396. The quantitative estimate of drug-likeness (QED) is 0.784. The number of aromatic nitrogens is 1. The molecule has 0 aliphatic rings. The lowest BCUT2D eigenvalue weighted by Crippen LogP contribution is -2.07. The van der Waals surface area contributed by atoms with Gasteiger partial charge in [0, 0.05) is 18.3 Å². The molecule has 0 N–H and O–H groups in total. The molecule has 2 rings (SSSR count). The topological polar surface area (TPSA) is 39.2 Å². The van der Waals surface area contributed by atoms with Crippen LogP contribution in [0.1, 0.15) is 28.5 Å². The number of Topliss-reactive ketones (excluding diaryl/α,β-unsaturated/α-hetero) is 1. The van der Waals surface area contributed by atoms with Crippen molar-refractivity contribution in [3.8, 4) is 5.75 Å². The fourth-order valence-electron chi connectivity index (χ4n) is 1.86. The maximum absolute atomic E-state index is 13.5. The van der Waals surface area contributed by atoms with Crippen LogP contribution in [0.2, 0.25) is 0 Å². The molecular formula is C16H16FNO2. The number of carbonyl (C=O) groups excluding carboxylic acids is 1. The number of ketones is 1. The molecule has 0 saturated heterocycles. The standard InChI is InChI=1S/C16H16FNO2/c1-11-9-16(14(12(2)19)10-15(11)17)20-8-6-13-5-3-4-7-18-13/h3-5,7,9-10H,6,8H2,1-2H3. The maximum atomic E-state index is 13.5. The summed E-state index contributed by atoms with van der Waals surface area (Å²) >= 11 is 0. The third-order valence-corrected chi connectivity index (χ3v) is 2.98. The van der Waals surface area contributed by atoms with E-state index in [0.717, 1.165) is 5.69 Å². The second-order valence-electron chi connectivity index (χ2n) is 4.57. The Morgan fingerprint density at radius 2 is 2.15 bits per heavy atom. The first-order valence-corrected chi connectivity index (χ1v) is 6.41. The minimum absolute atomic E-state index is 0.211. The van der Waals surface area contributed by atoms with Crippen molar-refractivity contribution in [2.24, 2.45) is 0 Å². The third-order valence-electron chi connectivity index (χ3n) is 2.98. The van der Waals surface area contributed by atoms with E-state index in [2.05, 4.69) is 4.98 Å². The zero-order valence-electron chi connectivity index (χ0n) is 11.5. The van der Waals surface area contributed by atoms with Crippen LogP contribution in [0.5, 0.6) is 5.75 Å². The molecule has 20 heavy (non-hydrogen) atoms. The number of benzene rings is 1. The Kier molecular flexibility index (Phi) is 4.45. The predicted molar refractivity (Wildman–Crippen MR) is 74.6 cm³/mol. The van der Waals surface area contributed by atoms with Gasteiger partial charge in [0.15, 0.2) is 5.78 Å². The van der Waals surface area contributed by atoms with E-state index in [0.29, 0.717) is 24.3 Å². The van der Waals surface area contributed by atoms with Crippen LogP contribution in [-0.2, 0) is 6.42 Å². The smallest absolute Gasteiger partial charge is 0.163 e. The highest BCUT2D eigenvalue weighted by Gasteiger charge is 2.12. The van der Waals surface area contributed by atoms with E-state index in [4.69, 9.17) is 4.74 Å². The zero-order valence-corrected chi connectivity index (χ0v) is 11.5. The monoisotopic (exact) mass is 273 g/mol. The summed E-state index contributed by atoms with van der Waals surface area (Å²) in [6, 6.07) is 8.45. The van der Waals surface area contributed by atoms with Gasteiger partial charge in [-0.25, -0.2) is 4.39 Å². The van der Waals surface area contributed by atoms with Crippen LogP contribution in [-0.4, -0.2) is 17.4 Å². The third kappa shape index (κ3) is 3.41. The summed E-state index contributed by atoms with van der Waals surface area (Å²) in [6.45, 7) is 3.43. The van der Waals surface area contributed by atoms with Gasteiger partial charge in [0.25, 0.3) is 0 Å². The van der Waals surface area contributed by atoms with Crippen molar-refractivity contribution in [2.45, 2.75) is 20.3 Å². The molecule has 1 heterocycles. The highest BCUT2D eigenvalue weighted by atomic mass is 19.1. The number of ether oxygens (including phenoxy) is 1. The predicted octanol–water partition coefficient (Wildman–Crippen LogP) is 3.35. The van der Waals surface area contributed by atoms with Crippen LogP contribution >= 0.6 is 0 Å². The summed E-state index contributed by atoms with van der Waals surface area (Å²) in [5, 5.41) is 0. The van der Waals surface area contributed by atoms with Crippen molar-refractivity contribution in [3.63, 3.8) is 0 Å². The second-order valence-corrected chi connectivity index (χ2v) is 4.57. The molecule has 2 aromatic rings. The number of hydrogen-bond acceptors (Lipinski definition) is 3. The van der Waals surface area contributed by atoms with Gasteiger partial charge in [0.2, 0.25) is 0 Å². The SMILES string of the molecule is CC(=O)c1cc(F)c(C)cc1OCCc1ccccn1. The molecular weight excluding hydrogens is 257 g/mol. The molecule has 0 aliphatic heterocycles. The van der Waals surface area contributed by atoms with Crippen molar-refractivity contribution in [2.75, 3.05) is 6.61 Å². The van der Waals surface area contributed by atoms with Gasteiger partial charge < -0.3 is 4.74 Å². The lowest BCUT2D eigenvalue weighted by molar-refractivity contribution is 0.101. The van der Waals surface area contributed by atoms with Gasteiger partial charge in [0.1, 0.15) is 11.6 Å². The molecule has 0 unspecified atom stereocenters. The Hall–Kier alpha value is -2.23. The molecule has 0 spiro atoms. The minimum Gasteiger partial charge on any atom is -0.492 e. The van der Waals surface area contributed by atoms with Crippen molar-refractivity contribution < 1.29 is 13.9 Å². The lowest BCUT2D eigenvalue weighted by atomic mass is 10.1. The molecule has 3 nitrogen and oxygen atoms in total. The first-order chi connectivity index (χ1) is 9.58. The summed E-state index contributed by atoms with van der Waals surface area (Å²) in [5.41, 5.74) is 1.65. The van der Waals surface area contributed by atoms with Crippen molar-refractivity contribution in [1.82, 2.24) is 4.98 Å². The van der Waals surface area contributed by atoms with Crippen LogP contribution in [0.15, 0.2) is 36.5 Å². The highest BCUT2D eigenvalue weighted by Crippen LogP contribution is 2.23. The Morgan fingerprint density at radius 1 is 1.35 bits per heavy atom. The van der Waals surface area contributed by atoms with E-state index in [1.54, 1.807) is 19.2 Å². The molecule has 1 aromatic heterocycles. The number of rotatable bonds is 5. The number of hydrogen-bond donors (Lipinski definition) is 0. The van der Waals surface area contributed by atoms with Crippen LogP contribution < -0.4 is 4.74 Å². The number of nitrogens with zero attached hydrogens (tertiary/aromatic N) is 1. The van der Waals surface area contributed by atoms with E-state index in [9.17, 15) is 9.18 Å². The largest absolute Gasteiger partial charge is 0.492 e. The molecule has 0 amide bonds. The van der Waals surface area contributed by atoms with Gasteiger partial charge in [-0.15, -0.1) is 0 Å². The number of carbonyl (C=O) groups is 1. The average Bonchev–Trinajstić information content (AvgIpc) is 2.43. The van der Waals surface area contributed by atoms with E-state index < -0.39 is 5.82 Å². The Morgan fingerprint density at radius 3 is 2.80 bits per heavy atom. The van der Waals surface area contributed by atoms with E-state index in [1.165, 1.54) is 13.0 Å². The Balaban J connectivity index is 2.09. The Bertz CT molecular complexity index is 611. The summed E-state index contributed by atoms with van der Waals surface area (Å²) in [5.74, 6) is -0.184. The molecule has 0 saturated carbocycles. The van der Waals surface area contributed by atoms with Gasteiger partial charge in [-0.3, -0.25) is 9.78 Å². The maximum Gasteiger partial charge on any atom is 0.163 e. The van der Waals surface area contributed by atoms with Gasteiger partial charge >= 0.3 is 0 Å². The van der Waals surface area contributed by atoms with Crippen LogP contribution in [0.3, 0.4) is 0 Å². The Labute approximate surface area is 117 Å². The average molecular weight is 273 g/mol. The lowest BCUT2D eigenvalue weighted by Gasteiger charge is -2.11. The van der Waals surface area contributed by atoms with E-state index >= 15 is 0 Å². The van der Waals surface area contributed by atoms with Crippen molar-refractivity contribution in [1.29, 1.82) is 0 Å². The van der Waals surface area contributed by atoms with Gasteiger partial charge in [0.05, 0.1) is 12.2 Å². The molecule has 1 aromatic carbocycles. The fraction of sp³-hybridized carbons (Fsp3) is 0.250. The molecule has 0 bridgehead atoms. The number of aryl methyl sites for hydroxylation is 1. The van der Waals surface area contributed by atoms with Crippen LogP contribution in [0, 0.1) is 12.7 Å². The highest BCUT2D eigenvalue weighted by molar-refractivity contribution is 5.96. The molecule has 0 aliphatic carbocycles. The van der Waals surface area contributed by atoms with E-state index in [-0.39, 0.29) is 11.3 Å². The molecule has 0 radical (unpaired) electrons. The summed E-state index contributed by atoms with van der Waals surface area (Å²) in [7, 11) is 0. The normalized spacial score (nSPS) is 10.3. The fourth-order valence-corrected chi connectivity index (χ4v) is 1.86. The number of pyridine rings is 1. The van der Waals surface area contributed by atoms with Crippen molar-refractivity contribution >= 4 is 5.78 Å². The first-order valence-electron chi connectivity index (χ1n) is 6.41. The second kappa shape index (κ2) is 6.28. The summed E-state index contributed by atoms with van der Waals surface area (Å²) < 4.78 is 19.1. The first kappa shape index (κ1) is 14.2. The van der Waals surface area contributed by atoms with Crippen LogP contribution in [0.25, 0.3) is 0 Å². The zero-order chi connectivity index (χ0) is 14.5. The van der Waals surface area contributed by atoms with Gasteiger partial charge in [-0.2, -0.15) is 0 Å². The molecule has 4 heteroatoms. The molecule has 0 fully saturated rings. The van der Waals surface area contributed by atoms with Gasteiger partial charge in [-0.1, -0.05) is 6.07 Å². The number of halogens is 1. The van der Waals surface area contributed by atoms with Gasteiger partial charge in [-0.05, 0) is 43.7 Å². The molecule has 0 atom stereocenters. The van der Waals surface area contributed by atoms with Crippen molar-refractivity contribution in [3.05, 3.63) is 59.2 Å². The van der Waals surface area contributed by atoms with Crippen LogP contribution in [0.4, 0.5) is 4.39 Å². The summed E-state index contributed by atoms with van der Waals surface area (Å²) in [6.07, 6.45) is 2.35. The molecule has 104 valence electrons. The van der Waals surface area contributed by atoms with E-state index in [1.807, 2.05) is 18.2 Å². The summed E-state index contributed by atoms with van der Waals surface area (Å²) in [4.78, 5) is 15.7.